The molecule has 9 heteroatoms. The normalized spacial score (nSPS) is 14.7. The van der Waals surface area contributed by atoms with Crippen molar-refractivity contribution >= 4 is 39.0 Å². The predicted molar refractivity (Wildman–Crippen MR) is 91.3 cm³/mol. The van der Waals surface area contributed by atoms with E-state index in [9.17, 15) is 13.2 Å². The van der Waals surface area contributed by atoms with E-state index in [2.05, 4.69) is 25.6 Å². The van der Waals surface area contributed by atoms with Crippen LogP contribution in [0.2, 0.25) is 0 Å². The fourth-order valence-corrected chi connectivity index (χ4v) is 3.21. The molecule has 0 spiro atoms. The molecule has 0 unspecified atom stereocenters. The van der Waals surface area contributed by atoms with Crippen LogP contribution in [0.25, 0.3) is 10.2 Å². The average Bonchev–Trinajstić information content (AvgIpc) is 3.25. The van der Waals surface area contributed by atoms with Crippen LogP contribution in [0.5, 0.6) is 0 Å². The quantitative estimate of drug-likeness (QED) is 0.700. The number of rotatable bonds is 4. The molecule has 130 valence electrons. The monoisotopic (exact) mass is 365 g/mol. The Kier molecular flexibility index (Phi) is 3.75. The summed E-state index contributed by atoms with van der Waals surface area (Å²) < 4.78 is 40.3. The highest BCUT2D eigenvalue weighted by molar-refractivity contribution is 7.18. The van der Waals surface area contributed by atoms with Gasteiger partial charge in [0.1, 0.15) is 5.82 Å². The van der Waals surface area contributed by atoms with Crippen molar-refractivity contribution in [2.75, 3.05) is 10.6 Å². The second-order valence-electron chi connectivity index (χ2n) is 5.92. The first-order valence-electron chi connectivity index (χ1n) is 7.74. The standard InChI is InChI=1S/C16H14F3N5S/c1-8-20-11-6-10(4-5-12(11)25-8)21-14-7-13(16(17,18)19)23-15(24-14)22-9-2-3-9/h4-7,9H,2-3H2,1H3,(H2,21,22,23,24). The number of hydrogen-bond acceptors (Lipinski definition) is 6. The summed E-state index contributed by atoms with van der Waals surface area (Å²) in [7, 11) is 0. The van der Waals surface area contributed by atoms with E-state index < -0.39 is 11.9 Å². The third-order valence-corrected chi connectivity index (χ3v) is 4.65. The number of fused-ring (bicyclic) bond motifs is 1. The van der Waals surface area contributed by atoms with Crippen LogP contribution in [-0.2, 0) is 6.18 Å². The van der Waals surface area contributed by atoms with E-state index >= 15 is 0 Å². The van der Waals surface area contributed by atoms with Crippen molar-refractivity contribution in [3.63, 3.8) is 0 Å². The lowest BCUT2D eigenvalue weighted by molar-refractivity contribution is -0.141. The van der Waals surface area contributed by atoms with E-state index in [1.807, 2.05) is 13.0 Å². The van der Waals surface area contributed by atoms with Gasteiger partial charge in [0.15, 0.2) is 5.69 Å². The number of alkyl halides is 3. The van der Waals surface area contributed by atoms with Crippen LogP contribution in [0.4, 0.5) is 30.6 Å². The van der Waals surface area contributed by atoms with Gasteiger partial charge in [0, 0.05) is 17.8 Å². The minimum atomic E-state index is -4.53. The highest BCUT2D eigenvalue weighted by Gasteiger charge is 2.34. The zero-order chi connectivity index (χ0) is 17.6. The summed E-state index contributed by atoms with van der Waals surface area (Å²) in [6.07, 6.45) is -2.69. The lowest BCUT2D eigenvalue weighted by atomic mass is 10.3. The van der Waals surface area contributed by atoms with Gasteiger partial charge in [-0.05, 0) is 38.0 Å². The Hall–Kier alpha value is -2.42. The fourth-order valence-electron chi connectivity index (χ4n) is 2.40. The van der Waals surface area contributed by atoms with Gasteiger partial charge in [0.2, 0.25) is 5.95 Å². The minimum absolute atomic E-state index is 0.00888. The largest absolute Gasteiger partial charge is 0.433 e. The molecule has 1 saturated carbocycles. The number of hydrogen-bond donors (Lipinski definition) is 2. The van der Waals surface area contributed by atoms with Gasteiger partial charge in [-0.3, -0.25) is 0 Å². The number of nitrogens with zero attached hydrogens (tertiary/aromatic N) is 3. The molecule has 5 nitrogen and oxygen atoms in total. The van der Waals surface area contributed by atoms with Crippen molar-refractivity contribution in [3.05, 3.63) is 35.0 Å². The van der Waals surface area contributed by atoms with Crippen molar-refractivity contribution in [1.82, 2.24) is 15.0 Å². The van der Waals surface area contributed by atoms with Crippen LogP contribution in [0, 0.1) is 6.92 Å². The fraction of sp³-hybridized carbons (Fsp3) is 0.312. The number of aryl methyl sites for hydroxylation is 1. The van der Waals surface area contributed by atoms with E-state index in [-0.39, 0.29) is 17.8 Å². The van der Waals surface area contributed by atoms with E-state index in [0.717, 1.165) is 34.1 Å². The third-order valence-electron chi connectivity index (χ3n) is 3.69. The van der Waals surface area contributed by atoms with Gasteiger partial charge >= 0.3 is 6.18 Å². The molecule has 2 aromatic heterocycles. The highest BCUT2D eigenvalue weighted by atomic mass is 32.1. The maximum Gasteiger partial charge on any atom is 0.433 e. The van der Waals surface area contributed by atoms with Gasteiger partial charge in [0.25, 0.3) is 0 Å². The molecule has 1 fully saturated rings. The summed E-state index contributed by atoms with van der Waals surface area (Å²) in [5.74, 6) is 0.0854. The minimum Gasteiger partial charge on any atom is -0.351 e. The summed E-state index contributed by atoms with van der Waals surface area (Å²) in [4.78, 5) is 12.1. The molecule has 0 aliphatic heterocycles. The molecule has 25 heavy (non-hydrogen) atoms. The molecule has 0 amide bonds. The van der Waals surface area contributed by atoms with Gasteiger partial charge in [-0.2, -0.15) is 18.2 Å². The van der Waals surface area contributed by atoms with Crippen LogP contribution >= 0.6 is 11.3 Å². The number of halogens is 3. The molecule has 0 atom stereocenters. The van der Waals surface area contributed by atoms with Gasteiger partial charge < -0.3 is 10.6 Å². The van der Waals surface area contributed by atoms with Crippen LogP contribution < -0.4 is 10.6 Å². The molecular formula is C16H14F3N5S. The lowest BCUT2D eigenvalue weighted by Gasteiger charge is -2.12. The Labute approximate surface area is 145 Å². The van der Waals surface area contributed by atoms with Crippen LogP contribution in [0.3, 0.4) is 0 Å². The van der Waals surface area contributed by atoms with Crippen LogP contribution in [-0.4, -0.2) is 21.0 Å². The Morgan fingerprint density at radius 1 is 1.12 bits per heavy atom. The Morgan fingerprint density at radius 2 is 1.92 bits per heavy atom. The Bertz CT molecular complexity index is 933. The SMILES string of the molecule is Cc1nc2cc(Nc3cc(C(F)(F)F)nc(NC4CC4)n3)ccc2s1. The van der Waals surface area contributed by atoms with Crippen molar-refractivity contribution in [3.8, 4) is 0 Å². The second kappa shape index (κ2) is 5.83. The summed E-state index contributed by atoms with van der Waals surface area (Å²) in [5.41, 5.74) is 0.453. The lowest BCUT2D eigenvalue weighted by Crippen LogP contribution is -2.14. The van der Waals surface area contributed by atoms with Crippen molar-refractivity contribution in [2.24, 2.45) is 0 Å². The molecule has 3 aromatic rings. The Balaban J connectivity index is 1.67. The maximum absolute atomic E-state index is 13.1. The maximum atomic E-state index is 13.1. The summed E-state index contributed by atoms with van der Waals surface area (Å²) in [6, 6.07) is 6.54. The first-order valence-corrected chi connectivity index (χ1v) is 8.55. The van der Waals surface area contributed by atoms with Crippen molar-refractivity contribution < 1.29 is 13.2 Å². The predicted octanol–water partition coefficient (Wildman–Crippen LogP) is 4.73. The molecule has 4 rings (SSSR count). The summed E-state index contributed by atoms with van der Waals surface area (Å²) in [5, 5.41) is 6.77. The molecule has 1 aliphatic rings. The second-order valence-corrected chi connectivity index (χ2v) is 7.15. The molecule has 0 bridgehead atoms. The van der Waals surface area contributed by atoms with E-state index in [0.29, 0.717) is 5.69 Å². The summed E-state index contributed by atoms with van der Waals surface area (Å²) >= 11 is 1.57. The van der Waals surface area contributed by atoms with Crippen LogP contribution in [0.1, 0.15) is 23.5 Å². The zero-order valence-corrected chi connectivity index (χ0v) is 14.0. The van der Waals surface area contributed by atoms with E-state index in [4.69, 9.17) is 0 Å². The van der Waals surface area contributed by atoms with Gasteiger partial charge in [-0.1, -0.05) is 0 Å². The summed E-state index contributed by atoms with van der Waals surface area (Å²) in [6.45, 7) is 1.91. The number of anilines is 3. The van der Waals surface area contributed by atoms with Gasteiger partial charge in [-0.15, -0.1) is 11.3 Å². The zero-order valence-electron chi connectivity index (χ0n) is 13.2. The smallest absolute Gasteiger partial charge is 0.351 e. The average molecular weight is 365 g/mol. The van der Waals surface area contributed by atoms with Crippen LogP contribution in [0.15, 0.2) is 24.3 Å². The first-order chi connectivity index (χ1) is 11.9. The van der Waals surface area contributed by atoms with E-state index in [1.165, 1.54) is 0 Å². The van der Waals surface area contributed by atoms with Gasteiger partial charge in [-0.25, -0.2) is 9.97 Å². The molecule has 1 aliphatic carbocycles. The topological polar surface area (TPSA) is 62.7 Å². The molecular weight excluding hydrogens is 351 g/mol. The van der Waals surface area contributed by atoms with E-state index in [1.54, 1.807) is 23.5 Å². The number of aromatic nitrogens is 3. The third kappa shape index (κ3) is 3.65. The molecule has 1 aromatic carbocycles. The first kappa shape index (κ1) is 16.1. The number of thiazole rings is 1. The molecule has 0 saturated heterocycles. The van der Waals surface area contributed by atoms with Gasteiger partial charge in [0.05, 0.1) is 15.2 Å². The highest BCUT2D eigenvalue weighted by Crippen LogP contribution is 2.32. The molecule has 0 radical (unpaired) electrons. The number of nitrogens with one attached hydrogen (secondary N) is 2. The molecule has 2 heterocycles. The Morgan fingerprint density at radius 3 is 2.64 bits per heavy atom. The van der Waals surface area contributed by atoms with Crippen molar-refractivity contribution in [1.29, 1.82) is 0 Å². The molecule has 2 N–H and O–H groups in total. The van der Waals surface area contributed by atoms with Crippen molar-refractivity contribution in [2.45, 2.75) is 32.0 Å². The number of benzene rings is 1.